The Morgan fingerprint density at radius 3 is 2.40 bits per heavy atom. The van der Waals surface area contributed by atoms with Crippen molar-refractivity contribution >= 4 is 35.1 Å². The van der Waals surface area contributed by atoms with E-state index < -0.39 is 35.5 Å². The fourth-order valence-electron chi connectivity index (χ4n) is 2.41. The van der Waals surface area contributed by atoms with Crippen molar-refractivity contribution < 1.29 is 34.1 Å². The molecule has 25 heavy (non-hydrogen) atoms. The molecule has 8 nitrogen and oxygen atoms in total. The van der Waals surface area contributed by atoms with Crippen LogP contribution >= 0.6 is 11.6 Å². The van der Waals surface area contributed by atoms with Gasteiger partial charge >= 0.3 is 11.9 Å². The fraction of sp³-hybridized carbons (Fsp3) is 0.438. The van der Waals surface area contributed by atoms with Gasteiger partial charge in [-0.3, -0.25) is 24.2 Å². The summed E-state index contributed by atoms with van der Waals surface area (Å²) in [6.07, 6.45) is 2.05. The Balaban J connectivity index is 3.23. The molecule has 1 heterocycles. The minimum atomic E-state index is -2.37. The molecule has 0 spiro atoms. The summed E-state index contributed by atoms with van der Waals surface area (Å²) in [5.74, 6) is -4.53. The molecule has 0 aliphatic carbocycles. The Hall–Kier alpha value is -2.32. The predicted octanol–water partition coefficient (Wildman–Crippen LogP) is 1.85. The second-order valence-corrected chi connectivity index (χ2v) is 5.82. The van der Waals surface area contributed by atoms with Gasteiger partial charge in [0.2, 0.25) is 0 Å². The third kappa shape index (κ3) is 5.07. The fourth-order valence-corrected chi connectivity index (χ4v) is 2.58. The van der Waals surface area contributed by atoms with Gasteiger partial charge in [0, 0.05) is 31.5 Å². The van der Waals surface area contributed by atoms with Gasteiger partial charge in [-0.2, -0.15) is 0 Å². The maximum atomic E-state index is 12.8. The van der Waals surface area contributed by atoms with E-state index in [1.54, 1.807) is 0 Å². The Bertz CT molecular complexity index is 676. The molecular formula is C16H18ClNO7. The quantitative estimate of drug-likeness (QED) is 0.342. The molecule has 0 saturated carbocycles. The number of hydrogen-bond donors (Lipinski definition) is 2. The summed E-state index contributed by atoms with van der Waals surface area (Å²) in [5.41, 5.74) is -2.49. The van der Waals surface area contributed by atoms with Crippen molar-refractivity contribution in [2.45, 2.75) is 25.7 Å². The lowest BCUT2D eigenvalue weighted by Gasteiger charge is -2.26. The molecule has 1 unspecified atom stereocenters. The average molecular weight is 372 g/mol. The second kappa shape index (κ2) is 9.24. The number of ether oxygens (including phenoxy) is 1. The van der Waals surface area contributed by atoms with Crippen LogP contribution in [0.25, 0.3) is 0 Å². The van der Waals surface area contributed by atoms with Crippen LogP contribution in [-0.4, -0.2) is 52.4 Å². The number of hydrogen-bond acceptors (Lipinski definition) is 6. The van der Waals surface area contributed by atoms with Gasteiger partial charge < -0.3 is 14.9 Å². The van der Waals surface area contributed by atoms with Crippen LogP contribution in [0.2, 0.25) is 5.02 Å². The van der Waals surface area contributed by atoms with Crippen molar-refractivity contribution in [2.75, 3.05) is 13.7 Å². The third-order valence-corrected chi connectivity index (χ3v) is 3.87. The first-order valence-corrected chi connectivity index (χ1v) is 7.76. The van der Waals surface area contributed by atoms with Crippen LogP contribution in [-0.2, 0) is 19.1 Å². The van der Waals surface area contributed by atoms with Gasteiger partial charge in [-0.1, -0.05) is 18.0 Å². The number of aromatic nitrogens is 1. The molecule has 0 saturated heterocycles. The minimum absolute atomic E-state index is 0.0633. The van der Waals surface area contributed by atoms with E-state index in [1.807, 2.05) is 0 Å². The lowest BCUT2D eigenvalue weighted by atomic mass is 9.73. The zero-order valence-corrected chi connectivity index (χ0v) is 14.3. The standard InChI is InChI=1S/C16H18ClNO7/c1-25-9-12(19)16(15(23)24,5-3-2-4-13(20)21)14(22)10-6-11(17)8-18-7-10/h6-8H,2-5,9H2,1H3,(H,20,21)(H,23,24). The van der Waals surface area contributed by atoms with Gasteiger partial charge in [0.25, 0.3) is 0 Å². The molecule has 2 N–H and O–H groups in total. The summed E-state index contributed by atoms with van der Waals surface area (Å²) in [6.45, 7) is -0.565. The first kappa shape index (κ1) is 20.7. The number of carboxylic acid groups (broad SMARTS) is 2. The molecule has 1 atom stereocenters. The number of aliphatic carboxylic acids is 2. The lowest BCUT2D eigenvalue weighted by Crippen LogP contribution is -2.48. The first-order valence-electron chi connectivity index (χ1n) is 7.38. The van der Waals surface area contributed by atoms with E-state index in [0.717, 1.165) is 6.20 Å². The molecule has 0 aliphatic rings. The molecule has 0 radical (unpaired) electrons. The number of halogens is 1. The van der Waals surface area contributed by atoms with Crippen molar-refractivity contribution in [1.29, 1.82) is 0 Å². The smallest absolute Gasteiger partial charge is 0.325 e. The second-order valence-electron chi connectivity index (χ2n) is 5.39. The molecule has 0 bridgehead atoms. The Morgan fingerprint density at radius 1 is 1.20 bits per heavy atom. The maximum absolute atomic E-state index is 12.8. The van der Waals surface area contributed by atoms with Crippen LogP contribution in [0.3, 0.4) is 0 Å². The highest BCUT2D eigenvalue weighted by molar-refractivity contribution is 6.32. The van der Waals surface area contributed by atoms with Crippen LogP contribution in [0.1, 0.15) is 36.0 Å². The highest BCUT2D eigenvalue weighted by Gasteiger charge is 2.52. The predicted molar refractivity (Wildman–Crippen MR) is 86.6 cm³/mol. The number of carbonyl (C=O) groups excluding carboxylic acids is 2. The normalized spacial score (nSPS) is 13.0. The topological polar surface area (TPSA) is 131 Å². The SMILES string of the molecule is COCC(=O)C(CCCCC(=O)O)(C(=O)O)C(=O)c1cncc(Cl)c1. The van der Waals surface area contributed by atoms with Crippen LogP contribution in [0.15, 0.2) is 18.5 Å². The zero-order chi connectivity index (χ0) is 19.0. The molecule has 1 rings (SSSR count). The maximum Gasteiger partial charge on any atom is 0.325 e. The Morgan fingerprint density at radius 2 is 1.88 bits per heavy atom. The van der Waals surface area contributed by atoms with Crippen molar-refractivity contribution in [3.05, 3.63) is 29.0 Å². The minimum Gasteiger partial charge on any atom is -0.481 e. The summed E-state index contributed by atoms with van der Waals surface area (Å²) in [7, 11) is 1.21. The van der Waals surface area contributed by atoms with E-state index in [1.165, 1.54) is 19.4 Å². The van der Waals surface area contributed by atoms with Gasteiger partial charge in [-0.25, -0.2) is 0 Å². The van der Waals surface area contributed by atoms with E-state index in [0.29, 0.717) is 0 Å². The van der Waals surface area contributed by atoms with Crippen LogP contribution in [0.4, 0.5) is 0 Å². The van der Waals surface area contributed by atoms with Crippen LogP contribution in [0.5, 0.6) is 0 Å². The molecule has 1 aromatic rings. The average Bonchev–Trinajstić information content (AvgIpc) is 2.54. The number of pyridine rings is 1. The number of Topliss-reactive ketones (excluding diaryl/α,β-unsaturated/α-hetero) is 2. The molecule has 136 valence electrons. The van der Waals surface area contributed by atoms with Gasteiger partial charge in [-0.05, 0) is 18.9 Å². The van der Waals surface area contributed by atoms with Crippen molar-refractivity contribution in [3.8, 4) is 0 Å². The lowest BCUT2D eigenvalue weighted by molar-refractivity contribution is -0.153. The number of nitrogens with zero attached hydrogens (tertiary/aromatic N) is 1. The number of ketones is 2. The third-order valence-electron chi connectivity index (χ3n) is 3.66. The van der Waals surface area contributed by atoms with Crippen molar-refractivity contribution in [3.63, 3.8) is 0 Å². The molecule has 0 aromatic carbocycles. The molecule has 0 aliphatic heterocycles. The molecule has 0 fully saturated rings. The van der Waals surface area contributed by atoms with E-state index >= 15 is 0 Å². The largest absolute Gasteiger partial charge is 0.481 e. The van der Waals surface area contributed by atoms with E-state index in [2.05, 4.69) is 4.98 Å². The van der Waals surface area contributed by atoms with Crippen LogP contribution < -0.4 is 0 Å². The Labute approximate surface area is 148 Å². The highest BCUT2D eigenvalue weighted by Crippen LogP contribution is 2.32. The first-order chi connectivity index (χ1) is 11.8. The van der Waals surface area contributed by atoms with E-state index in [9.17, 15) is 24.3 Å². The Kier molecular flexibility index (Phi) is 7.66. The molecular weight excluding hydrogens is 354 g/mol. The van der Waals surface area contributed by atoms with Crippen molar-refractivity contribution in [2.24, 2.45) is 5.41 Å². The summed E-state index contributed by atoms with van der Waals surface area (Å²) in [4.78, 5) is 51.5. The van der Waals surface area contributed by atoms with Gasteiger partial charge in [0.15, 0.2) is 17.0 Å². The molecule has 1 aromatic heterocycles. The zero-order valence-electron chi connectivity index (χ0n) is 13.5. The van der Waals surface area contributed by atoms with Gasteiger partial charge in [-0.15, -0.1) is 0 Å². The number of carboxylic acids is 2. The summed E-state index contributed by atoms with van der Waals surface area (Å²) in [6, 6.07) is 1.23. The summed E-state index contributed by atoms with van der Waals surface area (Å²) in [5, 5.41) is 18.5. The number of carbonyl (C=O) groups is 4. The van der Waals surface area contributed by atoms with Gasteiger partial charge in [0.1, 0.15) is 6.61 Å². The number of rotatable bonds is 11. The van der Waals surface area contributed by atoms with E-state index in [4.69, 9.17) is 21.4 Å². The number of unbranched alkanes of at least 4 members (excludes halogenated alkanes) is 1. The summed E-state index contributed by atoms with van der Waals surface area (Å²) < 4.78 is 4.71. The number of methoxy groups -OCH3 is 1. The monoisotopic (exact) mass is 371 g/mol. The molecule has 0 amide bonds. The molecule has 9 heteroatoms. The van der Waals surface area contributed by atoms with Gasteiger partial charge in [0.05, 0.1) is 5.02 Å². The van der Waals surface area contributed by atoms with Crippen molar-refractivity contribution in [1.82, 2.24) is 4.98 Å². The van der Waals surface area contributed by atoms with E-state index in [-0.39, 0.29) is 36.3 Å². The van der Waals surface area contributed by atoms with Crippen LogP contribution in [0, 0.1) is 5.41 Å². The highest BCUT2D eigenvalue weighted by atomic mass is 35.5. The summed E-state index contributed by atoms with van der Waals surface area (Å²) >= 11 is 5.78.